The smallest absolute Gasteiger partial charge is 0.119 e. The molecule has 92 valence electrons. The molecule has 2 aliphatic rings. The molecule has 3 heteroatoms. The number of ether oxygens (including phenoxy) is 1. The van der Waals surface area contributed by atoms with Gasteiger partial charge in [0.2, 0.25) is 0 Å². The van der Waals surface area contributed by atoms with E-state index in [1.807, 2.05) is 24.3 Å². The first-order valence-corrected chi connectivity index (χ1v) is 7.98. The second-order valence-corrected chi connectivity index (χ2v) is 7.22. The molecule has 1 nitrogen and oxygen atoms in total. The van der Waals surface area contributed by atoms with E-state index < -0.39 is 0 Å². The highest BCUT2D eigenvalue weighted by Gasteiger charge is 2.56. The molecule has 0 aliphatic heterocycles. The lowest BCUT2D eigenvalue weighted by Gasteiger charge is -2.51. The van der Waals surface area contributed by atoms with Gasteiger partial charge in [-0.25, -0.2) is 0 Å². The van der Waals surface area contributed by atoms with Gasteiger partial charge in [0, 0.05) is 14.7 Å². The Balaban J connectivity index is 1.72. The van der Waals surface area contributed by atoms with Gasteiger partial charge < -0.3 is 4.74 Å². The van der Waals surface area contributed by atoms with Gasteiger partial charge in [-0.1, -0.05) is 44.7 Å². The van der Waals surface area contributed by atoms with Gasteiger partial charge in [0.05, 0.1) is 0 Å². The third kappa shape index (κ3) is 2.06. The first-order chi connectivity index (χ1) is 8.21. The summed E-state index contributed by atoms with van der Waals surface area (Å²) in [6.07, 6.45) is 6.94. The second kappa shape index (κ2) is 4.58. The van der Waals surface area contributed by atoms with Crippen LogP contribution in [0.2, 0.25) is 0 Å². The molecule has 1 aromatic carbocycles. The number of halogens is 2. The van der Waals surface area contributed by atoms with E-state index in [9.17, 15) is 0 Å². The maximum absolute atomic E-state index is 6.16. The maximum atomic E-state index is 6.16. The molecular weight excluding hydrogens is 344 g/mol. The quantitative estimate of drug-likeness (QED) is 0.680. The fourth-order valence-corrected chi connectivity index (χ4v) is 4.57. The average molecular weight is 360 g/mol. The molecule has 2 saturated carbocycles. The summed E-state index contributed by atoms with van der Waals surface area (Å²) >= 11 is 7.27. The first-order valence-electron chi connectivity index (χ1n) is 6.27. The topological polar surface area (TPSA) is 9.23 Å². The number of rotatable bonds is 2. The molecule has 17 heavy (non-hydrogen) atoms. The molecule has 0 aromatic heterocycles. The van der Waals surface area contributed by atoms with Crippen molar-refractivity contribution in [2.75, 3.05) is 0 Å². The normalized spacial score (nSPS) is 30.2. The minimum atomic E-state index is 0.413. The van der Waals surface area contributed by atoms with Crippen molar-refractivity contribution in [3.63, 3.8) is 0 Å². The predicted molar refractivity (Wildman–Crippen MR) is 76.8 cm³/mol. The Labute approximate surface area is 119 Å². The van der Waals surface area contributed by atoms with E-state index in [0.717, 1.165) is 16.6 Å². The summed E-state index contributed by atoms with van der Waals surface area (Å²) in [5.41, 5.74) is 0.424. The summed E-state index contributed by atoms with van der Waals surface area (Å²) in [6.45, 7) is 0. The fourth-order valence-electron chi connectivity index (χ4n) is 3.21. The Morgan fingerprint density at radius 1 is 1.12 bits per heavy atom. The van der Waals surface area contributed by atoms with Crippen molar-refractivity contribution in [1.82, 2.24) is 0 Å². The van der Waals surface area contributed by atoms with Crippen LogP contribution in [0.1, 0.15) is 32.1 Å². The van der Waals surface area contributed by atoms with Crippen LogP contribution in [0.3, 0.4) is 0 Å². The number of alkyl halides is 1. The van der Waals surface area contributed by atoms with Gasteiger partial charge in [-0.2, -0.15) is 0 Å². The van der Waals surface area contributed by atoms with Crippen molar-refractivity contribution in [2.24, 2.45) is 5.41 Å². The zero-order chi connectivity index (χ0) is 11.9. The van der Waals surface area contributed by atoms with Crippen LogP contribution >= 0.6 is 31.9 Å². The molecule has 0 saturated heterocycles. The molecule has 1 spiro atoms. The molecule has 0 amide bonds. The molecule has 1 aromatic rings. The Hall–Kier alpha value is -0.0200. The minimum absolute atomic E-state index is 0.413. The molecule has 2 atom stereocenters. The van der Waals surface area contributed by atoms with E-state index in [2.05, 4.69) is 31.9 Å². The summed E-state index contributed by atoms with van der Waals surface area (Å²) in [7, 11) is 0. The molecule has 0 N–H and O–H groups in total. The van der Waals surface area contributed by atoms with Crippen LogP contribution in [-0.4, -0.2) is 10.9 Å². The van der Waals surface area contributed by atoms with Gasteiger partial charge in [-0.05, 0) is 43.5 Å². The van der Waals surface area contributed by atoms with Crippen LogP contribution in [0.5, 0.6) is 5.75 Å². The van der Waals surface area contributed by atoms with Gasteiger partial charge in [0.25, 0.3) is 0 Å². The Morgan fingerprint density at radius 3 is 2.35 bits per heavy atom. The van der Waals surface area contributed by atoms with E-state index in [0.29, 0.717) is 16.3 Å². The molecule has 2 aliphatic carbocycles. The van der Waals surface area contributed by atoms with E-state index >= 15 is 0 Å². The van der Waals surface area contributed by atoms with E-state index in [4.69, 9.17) is 4.74 Å². The molecular formula is C14H16Br2O. The van der Waals surface area contributed by atoms with Crippen molar-refractivity contribution < 1.29 is 4.74 Å². The number of hydrogen-bond acceptors (Lipinski definition) is 1. The highest BCUT2D eigenvalue weighted by atomic mass is 79.9. The monoisotopic (exact) mass is 358 g/mol. The molecule has 3 rings (SSSR count). The van der Waals surface area contributed by atoms with Gasteiger partial charge >= 0.3 is 0 Å². The van der Waals surface area contributed by atoms with Gasteiger partial charge in [0.1, 0.15) is 11.9 Å². The van der Waals surface area contributed by atoms with Crippen molar-refractivity contribution in [3.8, 4) is 5.75 Å². The minimum Gasteiger partial charge on any atom is -0.490 e. The van der Waals surface area contributed by atoms with Crippen LogP contribution in [0.15, 0.2) is 28.7 Å². The molecule has 0 radical (unpaired) electrons. The summed E-state index contributed by atoms with van der Waals surface area (Å²) in [5, 5.41) is 0. The lowest BCUT2D eigenvalue weighted by atomic mass is 9.64. The molecule has 2 unspecified atom stereocenters. The Bertz CT molecular complexity index is 395. The summed E-state index contributed by atoms with van der Waals surface area (Å²) < 4.78 is 7.27. The van der Waals surface area contributed by atoms with Crippen molar-refractivity contribution >= 4 is 31.9 Å². The summed E-state index contributed by atoms with van der Waals surface area (Å²) in [6, 6.07) is 8.18. The largest absolute Gasteiger partial charge is 0.490 e. The number of hydrogen-bond donors (Lipinski definition) is 0. The highest BCUT2D eigenvalue weighted by Crippen LogP contribution is 2.57. The molecule has 0 bridgehead atoms. The Morgan fingerprint density at radius 2 is 1.76 bits per heavy atom. The van der Waals surface area contributed by atoms with Crippen molar-refractivity contribution in [3.05, 3.63) is 28.7 Å². The first kappa shape index (κ1) is 12.0. The van der Waals surface area contributed by atoms with Gasteiger partial charge in [0.15, 0.2) is 0 Å². The van der Waals surface area contributed by atoms with Crippen LogP contribution in [0.4, 0.5) is 0 Å². The van der Waals surface area contributed by atoms with Crippen LogP contribution < -0.4 is 4.74 Å². The predicted octanol–water partition coefficient (Wildman–Crippen LogP) is 4.92. The maximum Gasteiger partial charge on any atom is 0.119 e. The zero-order valence-electron chi connectivity index (χ0n) is 9.66. The SMILES string of the molecule is Brc1ccc(OC2CC(Br)C23CCCC3)cc1. The third-order valence-corrected chi connectivity index (χ3v) is 6.13. The average Bonchev–Trinajstić information content (AvgIpc) is 2.83. The van der Waals surface area contributed by atoms with E-state index in [1.165, 1.54) is 25.7 Å². The van der Waals surface area contributed by atoms with Crippen LogP contribution in [-0.2, 0) is 0 Å². The fraction of sp³-hybridized carbons (Fsp3) is 0.571. The van der Waals surface area contributed by atoms with E-state index in [-0.39, 0.29) is 0 Å². The molecule has 2 fully saturated rings. The third-order valence-electron chi connectivity index (χ3n) is 4.31. The number of benzene rings is 1. The van der Waals surface area contributed by atoms with Gasteiger partial charge in [-0.3, -0.25) is 0 Å². The lowest BCUT2D eigenvalue weighted by molar-refractivity contribution is -0.0303. The second-order valence-electron chi connectivity index (χ2n) is 5.20. The summed E-state index contributed by atoms with van der Waals surface area (Å²) in [4.78, 5) is 0.665. The highest BCUT2D eigenvalue weighted by molar-refractivity contribution is 9.10. The lowest BCUT2D eigenvalue weighted by Crippen LogP contribution is -2.55. The van der Waals surface area contributed by atoms with E-state index in [1.54, 1.807) is 0 Å². The van der Waals surface area contributed by atoms with Gasteiger partial charge in [-0.15, -0.1) is 0 Å². The standard InChI is InChI=1S/C14H16Br2O/c15-10-3-5-11(6-4-10)17-13-9-12(16)14(13)7-1-2-8-14/h3-6,12-13H,1-2,7-9H2. The zero-order valence-corrected chi connectivity index (χ0v) is 12.8. The Kier molecular flexibility index (Phi) is 3.24. The van der Waals surface area contributed by atoms with Crippen molar-refractivity contribution in [1.29, 1.82) is 0 Å². The summed E-state index contributed by atoms with van der Waals surface area (Å²) in [5.74, 6) is 1.00. The van der Waals surface area contributed by atoms with Crippen LogP contribution in [0, 0.1) is 5.41 Å². The van der Waals surface area contributed by atoms with Crippen molar-refractivity contribution in [2.45, 2.75) is 43.0 Å². The van der Waals surface area contributed by atoms with Crippen LogP contribution in [0.25, 0.3) is 0 Å². The molecule has 0 heterocycles.